The lowest BCUT2D eigenvalue weighted by Crippen LogP contribution is -2.43. The van der Waals surface area contributed by atoms with Gasteiger partial charge in [-0.2, -0.15) is 0 Å². The molecule has 0 heterocycles. The Kier molecular flexibility index (Phi) is 15.2. The van der Waals surface area contributed by atoms with Gasteiger partial charge < -0.3 is 14.2 Å². The van der Waals surface area contributed by atoms with Gasteiger partial charge >= 0.3 is 0 Å². The Hall–Kier alpha value is 0.250. The van der Waals surface area contributed by atoms with Crippen molar-refractivity contribution < 1.29 is 14.1 Å². The minimum absolute atomic E-state index is 0.207. The van der Waals surface area contributed by atoms with Crippen molar-refractivity contribution in [2.24, 2.45) is 0 Å². The van der Waals surface area contributed by atoms with Crippen molar-refractivity contribution in [2.75, 3.05) is 39.8 Å². The van der Waals surface area contributed by atoms with Gasteiger partial charge in [0.2, 0.25) is 5.12 Å². The minimum atomic E-state index is -0.913. The lowest BCUT2D eigenvalue weighted by atomic mass is 10.3. The van der Waals surface area contributed by atoms with Crippen molar-refractivity contribution in [3.8, 4) is 0 Å². The van der Waals surface area contributed by atoms with Crippen LogP contribution in [0.5, 0.6) is 0 Å². The monoisotopic (exact) mass is 437 g/mol. The first-order valence-electron chi connectivity index (χ1n) is 10.4. The summed E-state index contributed by atoms with van der Waals surface area (Å²) in [5.74, 6) is 0.787. The molecule has 0 unspecified atom stereocenters. The summed E-state index contributed by atoms with van der Waals surface area (Å²) in [5, 5.41) is 0.207. The van der Waals surface area contributed by atoms with Crippen LogP contribution >= 0.6 is 20.2 Å². The summed E-state index contributed by atoms with van der Waals surface area (Å²) in [4.78, 5) is 13.6. The first-order chi connectivity index (χ1) is 13.0. The normalized spacial score (nSPS) is 12.9. The topological polar surface area (TPSA) is 45.3 Å². The van der Waals surface area contributed by atoms with Gasteiger partial charge in [0.15, 0.2) is 15.2 Å². The van der Waals surface area contributed by atoms with Crippen molar-refractivity contribution in [1.82, 2.24) is 14.2 Å². The van der Waals surface area contributed by atoms with E-state index in [4.69, 9.17) is 9.26 Å². The van der Waals surface area contributed by atoms with E-state index in [1.54, 1.807) is 0 Å². The maximum atomic E-state index is 11.7. The molecule has 0 atom stereocenters. The molecule has 0 radical (unpaired) electrons. The zero-order chi connectivity index (χ0) is 21.9. The summed E-state index contributed by atoms with van der Waals surface area (Å²) in [6.07, 6.45) is 0.848. The highest BCUT2D eigenvalue weighted by atomic mass is 32.2. The number of rotatable bonds is 15. The van der Waals surface area contributed by atoms with E-state index < -0.39 is 8.45 Å². The summed E-state index contributed by atoms with van der Waals surface area (Å²) in [6.45, 7) is 19.2. The van der Waals surface area contributed by atoms with Crippen molar-refractivity contribution in [2.45, 2.75) is 86.0 Å². The first-order valence-corrected chi connectivity index (χ1v) is 12.5. The molecule has 0 bridgehead atoms. The molecular formula is C20H44N3O3PS. The summed E-state index contributed by atoms with van der Waals surface area (Å²) in [6, 6.07) is 1.57. The van der Waals surface area contributed by atoms with Gasteiger partial charge in [-0.1, -0.05) is 11.8 Å². The van der Waals surface area contributed by atoms with Crippen LogP contribution in [0.15, 0.2) is 0 Å². The molecule has 0 N–H and O–H groups in total. The third-order valence-electron chi connectivity index (χ3n) is 3.90. The number of ether oxygens (including phenoxy) is 1. The molecule has 0 amide bonds. The molecule has 0 saturated carbocycles. The van der Waals surface area contributed by atoms with Crippen LogP contribution in [0, 0.1) is 0 Å². The van der Waals surface area contributed by atoms with Crippen molar-refractivity contribution in [3.05, 3.63) is 0 Å². The fraction of sp³-hybridized carbons (Fsp3) is 0.950. The maximum absolute atomic E-state index is 11.7. The molecule has 0 saturated heterocycles. The molecule has 6 nitrogen and oxygen atoms in total. The van der Waals surface area contributed by atoms with E-state index in [9.17, 15) is 4.79 Å². The molecule has 0 aromatic rings. The summed E-state index contributed by atoms with van der Waals surface area (Å²) in [7, 11) is 2.90. The largest absolute Gasteiger partial charge is 0.355 e. The number of likely N-dealkylation sites (N-methyl/N-ethyl adjacent to an activating group) is 1. The highest BCUT2D eigenvalue weighted by Gasteiger charge is 2.34. The van der Waals surface area contributed by atoms with Crippen LogP contribution in [0.1, 0.15) is 61.8 Å². The fourth-order valence-electron chi connectivity index (χ4n) is 3.03. The smallest absolute Gasteiger partial charge is 0.202 e. The van der Waals surface area contributed by atoms with Crippen LogP contribution < -0.4 is 0 Å². The predicted molar refractivity (Wildman–Crippen MR) is 124 cm³/mol. The molecule has 0 aliphatic carbocycles. The number of hydrogen-bond donors (Lipinski definition) is 0. The number of thioether (sulfide) groups is 1. The zero-order valence-electron chi connectivity index (χ0n) is 19.8. The van der Waals surface area contributed by atoms with Crippen molar-refractivity contribution in [3.63, 3.8) is 0 Å². The quantitative estimate of drug-likeness (QED) is 0.210. The van der Waals surface area contributed by atoms with Crippen molar-refractivity contribution in [1.29, 1.82) is 0 Å². The van der Waals surface area contributed by atoms with E-state index in [0.717, 1.165) is 12.2 Å². The van der Waals surface area contributed by atoms with Crippen LogP contribution in [-0.2, 0) is 14.1 Å². The number of carbonyl (C=O) groups is 1. The van der Waals surface area contributed by atoms with E-state index in [2.05, 4.69) is 64.7 Å². The average Bonchev–Trinajstić information content (AvgIpc) is 2.51. The number of hydrogen-bond acceptors (Lipinski definition) is 7. The molecule has 0 fully saturated rings. The summed E-state index contributed by atoms with van der Waals surface area (Å²) >= 11 is 1.38. The van der Waals surface area contributed by atoms with E-state index in [0.29, 0.717) is 37.3 Å². The maximum Gasteiger partial charge on any atom is 0.202 e. The van der Waals surface area contributed by atoms with Gasteiger partial charge in [0.1, 0.15) is 0 Å². The van der Waals surface area contributed by atoms with E-state index in [-0.39, 0.29) is 11.9 Å². The second-order valence-electron chi connectivity index (χ2n) is 8.35. The van der Waals surface area contributed by atoms with Gasteiger partial charge in [0, 0.05) is 29.9 Å². The standard InChI is InChI=1S/C20H44N3O3PS/c1-16(2)22(17(3)4)27(23(18(5)6)19(7)8)26-15-25-12-11-13-28-20(24)14-21(9)10/h16-19H,11-15H2,1-10H3. The molecule has 0 aromatic carbocycles. The third kappa shape index (κ3) is 11.4. The van der Waals surface area contributed by atoms with Gasteiger partial charge in [-0.05, 0) is 75.9 Å². The van der Waals surface area contributed by atoms with Crippen molar-refractivity contribution >= 4 is 25.3 Å². The minimum Gasteiger partial charge on any atom is -0.355 e. The Balaban J connectivity index is 4.59. The Bertz CT molecular complexity index is 388. The van der Waals surface area contributed by atoms with Crippen LogP contribution in [-0.4, -0.2) is 83.3 Å². The van der Waals surface area contributed by atoms with Gasteiger partial charge in [-0.25, -0.2) is 9.34 Å². The van der Waals surface area contributed by atoms with Crippen LogP contribution in [0.3, 0.4) is 0 Å². The molecule has 0 spiro atoms. The van der Waals surface area contributed by atoms with Gasteiger partial charge in [0.05, 0.1) is 13.2 Å². The fourth-order valence-corrected chi connectivity index (χ4v) is 6.12. The zero-order valence-corrected chi connectivity index (χ0v) is 21.5. The first kappa shape index (κ1) is 28.2. The summed E-state index contributed by atoms with van der Waals surface area (Å²) < 4.78 is 17.0. The highest BCUT2D eigenvalue weighted by molar-refractivity contribution is 8.13. The molecule has 28 heavy (non-hydrogen) atoms. The van der Waals surface area contributed by atoms with Crippen LogP contribution in [0.25, 0.3) is 0 Å². The highest BCUT2D eigenvalue weighted by Crippen LogP contribution is 2.50. The molecule has 0 aromatic heterocycles. The molecule has 0 aliphatic rings. The third-order valence-corrected chi connectivity index (χ3v) is 7.82. The Morgan fingerprint density at radius 2 is 1.36 bits per heavy atom. The predicted octanol–water partition coefficient (Wildman–Crippen LogP) is 4.65. The molecule has 168 valence electrons. The van der Waals surface area contributed by atoms with E-state index in [1.807, 2.05) is 19.0 Å². The van der Waals surface area contributed by atoms with Gasteiger partial charge in [-0.15, -0.1) is 0 Å². The molecular weight excluding hydrogens is 393 g/mol. The Labute approximate surface area is 179 Å². The molecule has 0 aliphatic heterocycles. The SMILES string of the molecule is CC(C)N(C(C)C)P(OCOCCCSC(=O)CN(C)C)N(C(C)C)C(C)C. The summed E-state index contributed by atoms with van der Waals surface area (Å²) in [5.41, 5.74) is 0. The van der Waals surface area contributed by atoms with Gasteiger partial charge in [-0.3, -0.25) is 4.79 Å². The Morgan fingerprint density at radius 1 is 0.893 bits per heavy atom. The molecule has 8 heteroatoms. The lowest BCUT2D eigenvalue weighted by Gasteiger charge is -2.45. The average molecular weight is 438 g/mol. The van der Waals surface area contributed by atoms with Crippen LogP contribution in [0.4, 0.5) is 0 Å². The molecule has 0 rings (SSSR count). The second kappa shape index (κ2) is 15.1. The van der Waals surface area contributed by atoms with Crippen LogP contribution in [0.2, 0.25) is 0 Å². The lowest BCUT2D eigenvalue weighted by molar-refractivity contribution is -0.111. The van der Waals surface area contributed by atoms with Gasteiger partial charge in [0.25, 0.3) is 0 Å². The number of nitrogens with zero attached hydrogens (tertiary/aromatic N) is 3. The Morgan fingerprint density at radius 3 is 1.75 bits per heavy atom. The number of carbonyl (C=O) groups excluding carboxylic acids is 1. The second-order valence-corrected chi connectivity index (χ2v) is 11.2. The van der Waals surface area contributed by atoms with E-state index >= 15 is 0 Å². The van der Waals surface area contributed by atoms with E-state index in [1.165, 1.54) is 11.8 Å².